The molecule has 3 aromatic heterocycles. The Hall–Kier alpha value is -5.87. The van der Waals surface area contributed by atoms with Crippen LogP contribution in [0.5, 0.6) is 5.75 Å². The molecule has 0 radical (unpaired) electrons. The number of amides is 1. The first-order valence-electron chi connectivity index (χ1n) is 15.0. The second kappa shape index (κ2) is 12.3. The van der Waals surface area contributed by atoms with Gasteiger partial charge in [0.15, 0.2) is 17.8 Å². The van der Waals surface area contributed by atoms with Crippen molar-refractivity contribution in [2.24, 2.45) is 0 Å². The lowest BCUT2D eigenvalue weighted by molar-refractivity contribution is 0.0936. The monoisotopic (exact) mass is 609 g/mol. The molecule has 46 heavy (non-hydrogen) atoms. The summed E-state index contributed by atoms with van der Waals surface area (Å²) in [7, 11) is 0. The van der Waals surface area contributed by atoms with Crippen molar-refractivity contribution in [2.45, 2.75) is 19.0 Å². The van der Waals surface area contributed by atoms with Crippen molar-refractivity contribution >= 4 is 29.2 Å². The van der Waals surface area contributed by atoms with Crippen LogP contribution < -0.4 is 11.1 Å². The first-order chi connectivity index (χ1) is 22.5. The fourth-order valence-electron chi connectivity index (χ4n) is 5.91. The number of aldehydes is 1. The van der Waals surface area contributed by atoms with Gasteiger partial charge in [-0.3, -0.25) is 19.1 Å². The van der Waals surface area contributed by atoms with Gasteiger partial charge < -0.3 is 16.2 Å². The number of nitrogens with zero attached hydrogens (tertiary/aromatic N) is 5. The number of carbonyl (C=O) groups excluding carboxylic acids is 2. The van der Waals surface area contributed by atoms with Crippen LogP contribution in [0.1, 0.15) is 32.7 Å². The van der Waals surface area contributed by atoms with Gasteiger partial charge in [-0.15, -0.1) is 0 Å². The second-order valence-corrected chi connectivity index (χ2v) is 11.4. The molecule has 0 bridgehead atoms. The number of fused-ring (bicyclic) bond motifs is 1. The van der Waals surface area contributed by atoms with Crippen LogP contribution in [0.2, 0.25) is 0 Å². The molecule has 1 aliphatic rings. The number of phenols is 1. The Morgan fingerprint density at radius 3 is 2.57 bits per heavy atom. The summed E-state index contributed by atoms with van der Waals surface area (Å²) < 4.78 is 2.03. The summed E-state index contributed by atoms with van der Waals surface area (Å²) in [6.45, 7) is 2.27. The highest BCUT2D eigenvalue weighted by Gasteiger charge is 2.25. The van der Waals surface area contributed by atoms with Crippen LogP contribution in [0.25, 0.3) is 39.5 Å². The van der Waals surface area contributed by atoms with Crippen molar-refractivity contribution in [3.05, 3.63) is 120 Å². The van der Waals surface area contributed by atoms with E-state index in [4.69, 9.17) is 15.7 Å². The first kappa shape index (κ1) is 28.9. The molecule has 7 rings (SSSR count). The second-order valence-electron chi connectivity index (χ2n) is 11.4. The van der Waals surface area contributed by atoms with Crippen LogP contribution in [0.4, 0.5) is 5.82 Å². The Balaban J connectivity index is 1.12. The van der Waals surface area contributed by atoms with Gasteiger partial charge in [0.25, 0.3) is 5.91 Å². The quantitative estimate of drug-likeness (QED) is 0.199. The third-order valence-electron chi connectivity index (χ3n) is 8.28. The van der Waals surface area contributed by atoms with E-state index in [1.165, 1.54) is 12.1 Å². The van der Waals surface area contributed by atoms with Crippen molar-refractivity contribution in [3.63, 3.8) is 0 Å². The van der Waals surface area contributed by atoms with Crippen molar-refractivity contribution in [1.82, 2.24) is 29.7 Å². The molecule has 10 nitrogen and oxygen atoms in total. The molecule has 1 fully saturated rings. The molecule has 1 amide bonds. The molecular weight excluding hydrogens is 578 g/mol. The van der Waals surface area contributed by atoms with E-state index >= 15 is 0 Å². The molecule has 4 N–H and O–H groups in total. The molecule has 4 heterocycles. The number of pyridine rings is 2. The third-order valence-corrected chi connectivity index (χ3v) is 8.28. The van der Waals surface area contributed by atoms with Crippen molar-refractivity contribution in [2.75, 3.05) is 18.8 Å². The standard InChI is InChI=1S/C36H31N7O3/c37-33-29(7-4-17-38-33)34-41-31-15-14-30(24-5-2-1-3-6-24)40-35(31)43(34)28-12-8-23(9-13-28)20-42-18-16-27(21-42)39-36(46)25-10-11-26(22-44)32(45)19-25/h1-15,17,19,22,27,45H,16,18,20-21H2,(H2,37,38)(H,39,46)/t27-/m1/s1. The lowest BCUT2D eigenvalue weighted by Gasteiger charge is -2.17. The summed E-state index contributed by atoms with van der Waals surface area (Å²) >= 11 is 0. The number of aromatic hydroxyl groups is 1. The number of aromatic nitrogens is 4. The molecule has 1 saturated heterocycles. The number of hydrogen-bond donors (Lipinski definition) is 3. The largest absolute Gasteiger partial charge is 0.507 e. The summed E-state index contributed by atoms with van der Waals surface area (Å²) in [4.78, 5) is 40.3. The Morgan fingerprint density at radius 2 is 1.80 bits per heavy atom. The highest BCUT2D eigenvalue weighted by molar-refractivity contribution is 5.96. The molecule has 10 heteroatoms. The Morgan fingerprint density at radius 1 is 0.978 bits per heavy atom. The smallest absolute Gasteiger partial charge is 0.251 e. The number of phenolic OH excluding ortho intramolecular Hbond substituents is 1. The predicted molar refractivity (Wildman–Crippen MR) is 177 cm³/mol. The maximum Gasteiger partial charge on any atom is 0.251 e. The summed E-state index contributed by atoms with van der Waals surface area (Å²) in [5, 5.41) is 13.0. The number of benzene rings is 3. The van der Waals surface area contributed by atoms with Crippen LogP contribution >= 0.6 is 0 Å². The Bertz CT molecular complexity index is 2060. The van der Waals surface area contributed by atoms with Gasteiger partial charge in [-0.2, -0.15) is 0 Å². The van der Waals surface area contributed by atoms with E-state index in [0.29, 0.717) is 30.0 Å². The van der Waals surface area contributed by atoms with E-state index < -0.39 is 0 Å². The number of anilines is 1. The van der Waals surface area contributed by atoms with Gasteiger partial charge in [0, 0.05) is 48.7 Å². The molecular formula is C36H31N7O3. The SMILES string of the molecule is Nc1ncccc1-c1nc2ccc(-c3ccccc3)nc2n1-c1ccc(CN2CC[C@@H](NC(=O)c3ccc(C=O)c(O)c3)C2)cc1. The lowest BCUT2D eigenvalue weighted by atomic mass is 10.1. The van der Waals surface area contributed by atoms with Gasteiger partial charge in [0.1, 0.15) is 17.1 Å². The molecule has 0 saturated carbocycles. The lowest BCUT2D eigenvalue weighted by Crippen LogP contribution is -2.37. The van der Waals surface area contributed by atoms with E-state index in [1.54, 1.807) is 12.3 Å². The van der Waals surface area contributed by atoms with Gasteiger partial charge in [-0.1, -0.05) is 42.5 Å². The minimum absolute atomic E-state index is 0.0191. The average Bonchev–Trinajstić information content (AvgIpc) is 3.69. The van der Waals surface area contributed by atoms with E-state index in [1.807, 2.05) is 59.2 Å². The number of imidazole rings is 1. The summed E-state index contributed by atoms with van der Waals surface area (Å²) in [5.74, 6) is 0.583. The number of hydrogen-bond acceptors (Lipinski definition) is 8. The first-order valence-corrected chi connectivity index (χ1v) is 15.0. The van der Waals surface area contributed by atoms with Gasteiger partial charge in [-0.05, 0) is 66.6 Å². The zero-order valence-corrected chi connectivity index (χ0v) is 24.9. The third kappa shape index (κ3) is 5.69. The van der Waals surface area contributed by atoms with E-state index in [9.17, 15) is 14.7 Å². The number of carbonyl (C=O) groups is 2. The highest BCUT2D eigenvalue weighted by Crippen LogP contribution is 2.32. The summed E-state index contributed by atoms with van der Waals surface area (Å²) in [6.07, 6.45) is 3.04. The number of nitrogen functional groups attached to an aromatic ring is 1. The van der Waals surface area contributed by atoms with Crippen molar-refractivity contribution in [3.8, 4) is 34.1 Å². The van der Waals surface area contributed by atoms with Crippen LogP contribution in [0.15, 0.2) is 103 Å². The minimum Gasteiger partial charge on any atom is -0.507 e. The predicted octanol–water partition coefficient (Wildman–Crippen LogP) is 5.25. The molecule has 228 valence electrons. The maximum absolute atomic E-state index is 12.8. The van der Waals surface area contributed by atoms with Crippen LogP contribution in [0.3, 0.4) is 0 Å². The average molecular weight is 610 g/mol. The van der Waals surface area contributed by atoms with Crippen LogP contribution in [-0.4, -0.2) is 60.9 Å². The van der Waals surface area contributed by atoms with E-state index in [-0.39, 0.29) is 23.3 Å². The van der Waals surface area contributed by atoms with Crippen LogP contribution in [-0.2, 0) is 6.54 Å². The minimum atomic E-state index is -0.273. The van der Waals surface area contributed by atoms with Gasteiger partial charge in [-0.25, -0.2) is 15.0 Å². The number of nitrogens with one attached hydrogen (secondary N) is 1. The Kier molecular flexibility index (Phi) is 7.69. The molecule has 1 aliphatic heterocycles. The Labute approximate surface area is 265 Å². The number of nitrogens with two attached hydrogens (primary N) is 1. The van der Waals surface area contributed by atoms with E-state index in [2.05, 4.69) is 39.5 Å². The molecule has 6 aromatic rings. The highest BCUT2D eigenvalue weighted by atomic mass is 16.3. The van der Waals surface area contributed by atoms with Gasteiger partial charge in [0.05, 0.1) is 16.8 Å². The molecule has 3 aromatic carbocycles. The number of rotatable bonds is 8. The molecule has 0 unspecified atom stereocenters. The van der Waals surface area contributed by atoms with Gasteiger partial charge in [0.2, 0.25) is 0 Å². The summed E-state index contributed by atoms with van der Waals surface area (Å²) in [6, 6.07) is 30.4. The maximum atomic E-state index is 12.8. The molecule has 0 spiro atoms. The fourth-order valence-corrected chi connectivity index (χ4v) is 5.91. The fraction of sp³-hybridized carbons (Fsp3) is 0.139. The normalized spacial score (nSPS) is 14.8. The zero-order chi connectivity index (χ0) is 31.6. The molecule has 0 aliphatic carbocycles. The number of likely N-dealkylation sites (tertiary alicyclic amines) is 1. The van der Waals surface area contributed by atoms with Gasteiger partial charge >= 0.3 is 0 Å². The van der Waals surface area contributed by atoms with Crippen molar-refractivity contribution in [1.29, 1.82) is 0 Å². The van der Waals surface area contributed by atoms with Crippen LogP contribution in [0, 0.1) is 0 Å². The molecule has 1 atom stereocenters. The van der Waals surface area contributed by atoms with Crippen molar-refractivity contribution < 1.29 is 14.7 Å². The topological polar surface area (TPSA) is 139 Å². The van der Waals surface area contributed by atoms with E-state index in [0.717, 1.165) is 58.7 Å². The zero-order valence-electron chi connectivity index (χ0n) is 24.9. The summed E-state index contributed by atoms with van der Waals surface area (Å²) in [5.41, 5.74) is 12.9.